The Kier molecular flexibility index (Phi) is 3.37. The minimum absolute atomic E-state index is 0.234. The monoisotopic (exact) mass is 264 g/mol. The fraction of sp³-hybridized carbons (Fsp3) is 0.250. The Morgan fingerprint density at radius 1 is 1.42 bits per heavy atom. The molecule has 100 valence electrons. The highest BCUT2D eigenvalue weighted by atomic mass is 16.5. The lowest BCUT2D eigenvalue weighted by Gasteiger charge is -2.16. The van der Waals surface area contributed by atoms with Crippen molar-refractivity contribution < 1.29 is 24.2 Å². The number of urea groups is 1. The number of carboxylic acids is 1. The number of carboxylic acid groups (broad SMARTS) is 1. The molecule has 1 heterocycles. The minimum Gasteiger partial charge on any atom is -0.497 e. The Labute approximate surface area is 109 Å². The van der Waals surface area contributed by atoms with Crippen LogP contribution in [0, 0.1) is 0 Å². The van der Waals surface area contributed by atoms with Crippen LogP contribution in [-0.2, 0) is 9.59 Å². The molecule has 0 unspecified atom stereocenters. The second-order valence-corrected chi connectivity index (χ2v) is 3.96. The zero-order valence-electron chi connectivity index (χ0n) is 10.2. The average molecular weight is 264 g/mol. The maximum atomic E-state index is 12.0. The van der Waals surface area contributed by atoms with Crippen LogP contribution < -0.4 is 9.64 Å². The summed E-state index contributed by atoms with van der Waals surface area (Å²) < 4.78 is 5.02. The second kappa shape index (κ2) is 4.97. The average Bonchev–Trinajstić information content (AvgIpc) is 2.64. The summed E-state index contributed by atoms with van der Waals surface area (Å²) in [7, 11) is 1.48. The number of ether oxygens (including phenoxy) is 1. The number of methoxy groups -OCH3 is 1. The molecule has 0 aliphatic carbocycles. The van der Waals surface area contributed by atoms with Gasteiger partial charge in [0, 0.05) is 6.07 Å². The Morgan fingerprint density at radius 3 is 2.79 bits per heavy atom. The molecule has 1 fully saturated rings. The fourth-order valence-corrected chi connectivity index (χ4v) is 1.84. The van der Waals surface area contributed by atoms with E-state index in [4.69, 9.17) is 9.84 Å². The molecule has 0 radical (unpaired) electrons. The lowest BCUT2D eigenvalue weighted by atomic mass is 10.3. The Morgan fingerprint density at radius 2 is 2.16 bits per heavy atom. The number of hydrogen-bond donors (Lipinski definition) is 1. The van der Waals surface area contributed by atoms with E-state index >= 15 is 0 Å². The molecule has 1 aliphatic heterocycles. The maximum absolute atomic E-state index is 12.0. The summed E-state index contributed by atoms with van der Waals surface area (Å²) in [4.78, 5) is 36.3. The number of carbonyl (C=O) groups excluding carboxylic acids is 2. The number of anilines is 1. The number of nitrogens with zero attached hydrogens (tertiary/aromatic N) is 2. The van der Waals surface area contributed by atoms with E-state index in [9.17, 15) is 14.4 Å². The van der Waals surface area contributed by atoms with E-state index in [0.29, 0.717) is 11.4 Å². The number of carbonyl (C=O) groups is 3. The van der Waals surface area contributed by atoms with Crippen LogP contribution in [0.25, 0.3) is 0 Å². The second-order valence-electron chi connectivity index (χ2n) is 3.96. The van der Waals surface area contributed by atoms with Gasteiger partial charge in [-0.05, 0) is 12.1 Å². The van der Waals surface area contributed by atoms with E-state index in [1.165, 1.54) is 7.11 Å². The van der Waals surface area contributed by atoms with Gasteiger partial charge >= 0.3 is 12.0 Å². The lowest BCUT2D eigenvalue weighted by Crippen LogP contribution is -2.35. The summed E-state index contributed by atoms with van der Waals surface area (Å²) in [6.07, 6.45) is 0. The fourth-order valence-electron chi connectivity index (χ4n) is 1.84. The van der Waals surface area contributed by atoms with E-state index in [2.05, 4.69) is 0 Å². The molecule has 0 saturated carbocycles. The van der Waals surface area contributed by atoms with E-state index in [1.807, 2.05) is 0 Å². The van der Waals surface area contributed by atoms with Gasteiger partial charge in [0.15, 0.2) is 0 Å². The summed E-state index contributed by atoms with van der Waals surface area (Å²) in [5.41, 5.74) is 0.363. The van der Waals surface area contributed by atoms with Crippen LogP contribution in [0.4, 0.5) is 10.5 Å². The molecular weight excluding hydrogens is 252 g/mol. The molecule has 1 aliphatic rings. The first kappa shape index (κ1) is 12.9. The van der Waals surface area contributed by atoms with Crippen LogP contribution in [0.3, 0.4) is 0 Å². The number of hydrogen-bond acceptors (Lipinski definition) is 4. The Bertz CT molecular complexity index is 543. The number of amides is 3. The third kappa shape index (κ3) is 2.49. The van der Waals surface area contributed by atoms with Crippen LogP contribution in [0.5, 0.6) is 5.75 Å². The molecule has 1 aromatic rings. The molecule has 1 N–H and O–H groups in total. The molecule has 1 aromatic carbocycles. The summed E-state index contributed by atoms with van der Waals surface area (Å²) in [5, 5.41) is 8.67. The predicted molar refractivity (Wildman–Crippen MR) is 65.1 cm³/mol. The van der Waals surface area contributed by atoms with Crippen molar-refractivity contribution in [3.05, 3.63) is 24.3 Å². The van der Waals surface area contributed by atoms with Gasteiger partial charge in [-0.3, -0.25) is 9.59 Å². The maximum Gasteiger partial charge on any atom is 0.332 e. The highest BCUT2D eigenvalue weighted by Crippen LogP contribution is 2.25. The van der Waals surface area contributed by atoms with E-state index in [1.54, 1.807) is 24.3 Å². The van der Waals surface area contributed by atoms with Gasteiger partial charge in [-0.25, -0.2) is 9.69 Å². The van der Waals surface area contributed by atoms with Gasteiger partial charge in [0.1, 0.15) is 18.8 Å². The van der Waals surface area contributed by atoms with Crippen molar-refractivity contribution >= 4 is 23.6 Å². The van der Waals surface area contributed by atoms with Crippen molar-refractivity contribution in [2.45, 2.75) is 0 Å². The van der Waals surface area contributed by atoms with E-state index in [0.717, 1.165) is 9.80 Å². The van der Waals surface area contributed by atoms with Crippen LogP contribution in [0.2, 0.25) is 0 Å². The molecule has 3 amide bonds. The molecule has 0 spiro atoms. The van der Waals surface area contributed by atoms with Gasteiger partial charge < -0.3 is 14.7 Å². The SMILES string of the molecule is COc1cccc(N2C(=O)CN(CC(=O)O)C2=O)c1. The van der Waals surface area contributed by atoms with Crippen molar-refractivity contribution in [1.29, 1.82) is 0 Å². The quantitative estimate of drug-likeness (QED) is 0.802. The highest BCUT2D eigenvalue weighted by Gasteiger charge is 2.38. The van der Waals surface area contributed by atoms with E-state index in [-0.39, 0.29) is 6.54 Å². The van der Waals surface area contributed by atoms with Gasteiger partial charge in [0.25, 0.3) is 5.91 Å². The molecule has 1 saturated heterocycles. The van der Waals surface area contributed by atoms with Crippen molar-refractivity contribution in [3.8, 4) is 5.75 Å². The molecular formula is C12H12N2O5. The first-order valence-electron chi connectivity index (χ1n) is 5.50. The number of imide groups is 1. The highest BCUT2D eigenvalue weighted by molar-refractivity contribution is 6.20. The van der Waals surface area contributed by atoms with Crippen LogP contribution >= 0.6 is 0 Å². The summed E-state index contributed by atoms with van der Waals surface area (Å²) >= 11 is 0. The molecule has 0 atom stereocenters. The van der Waals surface area contributed by atoms with Crippen LogP contribution in [-0.4, -0.2) is 48.1 Å². The normalized spacial score (nSPS) is 15.0. The van der Waals surface area contributed by atoms with Gasteiger partial charge in [-0.1, -0.05) is 6.07 Å². The van der Waals surface area contributed by atoms with Gasteiger partial charge in [0.2, 0.25) is 0 Å². The third-order valence-corrected chi connectivity index (χ3v) is 2.67. The zero-order valence-corrected chi connectivity index (χ0v) is 10.2. The standard InChI is InChI=1S/C12H12N2O5/c1-19-9-4-2-3-8(5-9)14-10(15)6-13(12(14)18)7-11(16)17/h2-5H,6-7H2,1H3,(H,16,17). The third-order valence-electron chi connectivity index (χ3n) is 2.67. The van der Waals surface area contributed by atoms with Crippen molar-refractivity contribution in [3.63, 3.8) is 0 Å². The summed E-state index contributed by atoms with van der Waals surface area (Å²) in [5.74, 6) is -1.11. The first-order valence-corrected chi connectivity index (χ1v) is 5.50. The smallest absolute Gasteiger partial charge is 0.332 e. The van der Waals surface area contributed by atoms with Crippen molar-refractivity contribution in [2.75, 3.05) is 25.1 Å². The molecule has 2 rings (SSSR count). The van der Waals surface area contributed by atoms with Gasteiger partial charge in [-0.15, -0.1) is 0 Å². The number of aliphatic carboxylic acids is 1. The van der Waals surface area contributed by atoms with Crippen LogP contribution in [0.15, 0.2) is 24.3 Å². The molecule has 7 nitrogen and oxygen atoms in total. The van der Waals surface area contributed by atoms with Crippen molar-refractivity contribution in [1.82, 2.24) is 4.90 Å². The largest absolute Gasteiger partial charge is 0.497 e. The Balaban J connectivity index is 2.26. The predicted octanol–water partition coefficient (Wildman–Crippen LogP) is 0.548. The zero-order chi connectivity index (χ0) is 14.0. The number of rotatable bonds is 4. The van der Waals surface area contributed by atoms with Crippen LogP contribution in [0.1, 0.15) is 0 Å². The summed E-state index contributed by atoms with van der Waals surface area (Å²) in [6, 6.07) is 5.82. The number of benzene rings is 1. The topological polar surface area (TPSA) is 87.2 Å². The van der Waals surface area contributed by atoms with E-state index < -0.39 is 24.5 Å². The van der Waals surface area contributed by atoms with Gasteiger partial charge in [0.05, 0.1) is 12.8 Å². The minimum atomic E-state index is -1.16. The molecule has 7 heteroatoms. The van der Waals surface area contributed by atoms with Gasteiger partial charge in [-0.2, -0.15) is 0 Å². The Hall–Kier alpha value is -2.57. The molecule has 0 bridgehead atoms. The first-order chi connectivity index (χ1) is 9.02. The molecule has 0 aromatic heterocycles. The summed E-state index contributed by atoms with van der Waals surface area (Å²) in [6.45, 7) is -0.729. The lowest BCUT2D eigenvalue weighted by molar-refractivity contribution is -0.137. The molecule has 19 heavy (non-hydrogen) atoms. The van der Waals surface area contributed by atoms with Crippen molar-refractivity contribution in [2.24, 2.45) is 0 Å².